The van der Waals surface area contributed by atoms with Crippen molar-refractivity contribution in [2.75, 3.05) is 32.7 Å². The number of hydrogen-bond acceptors (Lipinski definition) is 6. The van der Waals surface area contributed by atoms with Crippen molar-refractivity contribution in [1.82, 2.24) is 30.4 Å². The number of piperazine rings is 1. The van der Waals surface area contributed by atoms with Gasteiger partial charge in [-0.15, -0.1) is 10.2 Å². The highest BCUT2D eigenvalue weighted by molar-refractivity contribution is 5.46. The Morgan fingerprint density at radius 3 is 2.59 bits per heavy atom. The van der Waals surface area contributed by atoms with Gasteiger partial charge in [-0.3, -0.25) is 4.90 Å². The van der Waals surface area contributed by atoms with Gasteiger partial charge in [-0.25, -0.2) is 0 Å². The van der Waals surface area contributed by atoms with E-state index in [1.165, 1.54) is 16.7 Å². The van der Waals surface area contributed by atoms with E-state index in [4.69, 9.17) is 4.74 Å². The molecule has 0 amide bonds. The molecule has 0 aliphatic carbocycles. The SMILES string of the molecule is c1ccc2c(c1)COc1ccccc1C2N1CCN(CCCc2nn[nH]n2)CC1. The minimum Gasteiger partial charge on any atom is -0.489 e. The van der Waals surface area contributed by atoms with Crippen LogP contribution in [0.2, 0.25) is 0 Å². The summed E-state index contributed by atoms with van der Waals surface area (Å²) < 4.78 is 6.15. The lowest BCUT2D eigenvalue weighted by atomic mass is 9.93. The topological polar surface area (TPSA) is 70.2 Å². The third-order valence-corrected chi connectivity index (χ3v) is 5.98. The Labute approximate surface area is 170 Å². The molecule has 1 N–H and O–H groups in total. The van der Waals surface area contributed by atoms with Crippen molar-refractivity contribution in [3.05, 3.63) is 71.0 Å². The van der Waals surface area contributed by atoms with Crippen LogP contribution in [0.3, 0.4) is 0 Å². The van der Waals surface area contributed by atoms with E-state index in [2.05, 4.69) is 79.0 Å². The maximum absolute atomic E-state index is 6.15. The summed E-state index contributed by atoms with van der Waals surface area (Å²) in [6, 6.07) is 17.5. The van der Waals surface area contributed by atoms with E-state index < -0.39 is 0 Å². The van der Waals surface area contributed by atoms with Crippen LogP contribution >= 0.6 is 0 Å². The molecule has 7 heteroatoms. The Morgan fingerprint density at radius 1 is 0.966 bits per heavy atom. The molecule has 150 valence electrons. The number of nitrogens with zero attached hydrogens (tertiary/aromatic N) is 5. The molecule has 29 heavy (non-hydrogen) atoms. The first-order chi connectivity index (χ1) is 14.4. The Balaban J connectivity index is 1.29. The maximum Gasteiger partial charge on any atom is 0.174 e. The summed E-state index contributed by atoms with van der Waals surface area (Å²) >= 11 is 0. The smallest absolute Gasteiger partial charge is 0.174 e. The van der Waals surface area contributed by atoms with Gasteiger partial charge in [-0.2, -0.15) is 5.21 Å². The van der Waals surface area contributed by atoms with E-state index in [-0.39, 0.29) is 6.04 Å². The summed E-state index contributed by atoms with van der Waals surface area (Å²) in [7, 11) is 0. The Hall–Kier alpha value is -2.77. The normalized spacial score (nSPS) is 19.8. The Kier molecular flexibility index (Phi) is 5.23. The monoisotopic (exact) mass is 390 g/mol. The van der Waals surface area contributed by atoms with Crippen molar-refractivity contribution in [1.29, 1.82) is 0 Å². The molecule has 1 aromatic heterocycles. The van der Waals surface area contributed by atoms with Gasteiger partial charge in [0.1, 0.15) is 12.4 Å². The molecule has 1 atom stereocenters. The molecule has 2 aliphatic rings. The van der Waals surface area contributed by atoms with Crippen LogP contribution in [0.5, 0.6) is 5.75 Å². The highest BCUT2D eigenvalue weighted by Gasteiger charge is 2.31. The molecule has 2 aromatic carbocycles. The minimum atomic E-state index is 0.256. The Bertz CT molecular complexity index is 888. The maximum atomic E-state index is 6.15. The first-order valence-electron chi connectivity index (χ1n) is 10.4. The van der Waals surface area contributed by atoms with Crippen molar-refractivity contribution < 1.29 is 4.74 Å². The van der Waals surface area contributed by atoms with E-state index in [1.54, 1.807) is 0 Å². The largest absolute Gasteiger partial charge is 0.489 e. The van der Waals surface area contributed by atoms with Crippen molar-refractivity contribution in [3.63, 3.8) is 0 Å². The van der Waals surface area contributed by atoms with Crippen LogP contribution in [-0.4, -0.2) is 63.1 Å². The van der Waals surface area contributed by atoms with Crippen LogP contribution in [0.25, 0.3) is 0 Å². The summed E-state index contributed by atoms with van der Waals surface area (Å²) in [6.45, 7) is 5.97. The zero-order chi connectivity index (χ0) is 19.5. The number of H-pyrrole nitrogens is 1. The number of tetrazole rings is 1. The number of aromatic nitrogens is 4. The van der Waals surface area contributed by atoms with Crippen LogP contribution in [0.4, 0.5) is 0 Å². The molecule has 0 bridgehead atoms. The van der Waals surface area contributed by atoms with E-state index >= 15 is 0 Å². The quantitative estimate of drug-likeness (QED) is 0.722. The molecule has 3 aromatic rings. The fourth-order valence-corrected chi connectivity index (χ4v) is 4.48. The second-order valence-corrected chi connectivity index (χ2v) is 7.74. The molecule has 0 radical (unpaired) electrons. The summed E-state index contributed by atoms with van der Waals surface area (Å²) in [5, 5.41) is 14.2. The molecule has 0 spiro atoms. The van der Waals surface area contributed by atoms with Gasteiger partial charge in [0.25, 0.3) is 0 Å². The number of benzene rings is 2. The third kappa shape index (κ3) is 3.88. The molecule has 2 aliphatic heterocycles. The number of aromatic amines is 1. The zero-order valence-electron chi connectivity index (χ0n) is 16.5. The van der Waals surface area contributed by atoms with Crippen molar-refractivity contribution >= 4 is 0 Å². The van der Waals surface area contributed by atoms with Gasteiger partial charge in [-0.05, 0) is 30.2 Å². The van der Waals surface area contributed by atoms with Crippen LogP contribution in [0.1, 0.15) is 35.0 Å². The van der Waals surface area contributed by atoms with Crippen LogP contribution in [0.15, 0.2) is 48.5 Å². The first kappa shape index (κ1) is 18.3. The summed E-state index contributed by atoms with van der Waals surface area (Å²) in [4.78, 5) is 5.16. The van der Waals surface area contributed by atoms with E-state index in [0.29, 0.717) is 6.61 Å². The molecule has 5 rings (SSSR count). The highest BCUT2D eigenvalue weighted by Crippen LogP contribution is 2.39. The summed E-state index contributed by atoms with van der Waals surface area (Å²) in [6.07, 6.45) is 1.93. The number of aryl methyl sites for hydroxylation is 1. The second kappa shape index (κ2) is 8.31. The summed E-state index contributed by atoms with van der Waals surface area (Å²) in [5.41, 5.74) is 3.95. The molecule has 1 saturated heterocycles. The zero-order valence-corrected chi connectivity index (χ0v) is 16.5. The average molecular weight is 390 g/mol. The fraction of sp³-hybridized carbons (Fsp3) is 0.409. The lowest BCUT2D eigenvalue weighted by molar-refractivity contribution is 0.108. The standard InChI is InChI=1S/C22H26N6O/c1-2-7-18-17(6-1)16-29-20-9-4-3-8-19(20)22(18)28-14-12-27(13-15-28)11-5-10-21-23-25-26-24-21/h1-4,6-9,22H,5,10-16H2,(H,23,24,25,26). The van der Waals surface area contributed by atoms with Gasteiger partial charge < -0.3 is 9.64 Å². The number of hydrogen-bond donors (Lipinski definition) is 1. The van der Waals surface area contributed by atoms with Gasteiger partial charge in [0, 0.05) is 38.2 Å². The van der Waals surface area contributed by atoms with Gasteiger partial charge in [0.05, 0.1) is 6.04 Å². The number of fused-ring (bicyclic) bond motifs is 2. The number of ether oxygens (including phenoxy) is 1. The van der Waals surface area contributed by atoms with E-state index in [1.807, 2.05) is 0 Å². The average Bonchev–Trinajstić information content (AvgIpc) is 3.22. The van der Waals surface area contributed by atoms with Crippen molar-refractivity contribution in [2.45, 2.75) is 25.5 Å². The molecule has 1 unspecified atom stereocenters. The van der Waals surface area contributed by atoms with Crippen molar-refractivity contribution in [2.24, 2.45) is 0 Å². The molecule has 1 fully saturated rings. The highest BCUT2D eigenvalue weighted by atomic mass is 16.5. The van der Waals surface area contributed by atoms with E-state index in [9.17, 15) is 0 Å². The van der Waals surface area contributed by atoms with Crippen LogP contribution in [-0.2, 0) is 13.0 Å². The van der Waals surface area contributed by atoms with Gasteiger partial charge in [-0.1, -0.05) is 47.7 Å². The van der Waals surface area contributed by atoms with Gasteiger partial charge in [0.2, 0.25) is 0 Å². The number of rotatable bonds is 5. The van der Waals surface area contributed by atoms with Crippen LogP contribution < -0.4 is 4.74 Å². The fourth-order valence-electron chi connectivity index (χ4n) is 4.48. The number of para-hydroxylation sites is 1. The molecular weight excluding hydrogens is 364 g/mol. The molecule has 7 nitrogen and oxygen atoms in total. The lowest BCUT2D eigenvalue weighted by Gasteiger charge is -2.40. The number of nitrogens with one attached hydrogen (secondary N) is 1. The minimum absolute atomic E-state index is 0.256. The first-order valence-corrected chi connectivity index (χ1v) is 10.4. The second-order valence-electron chi connectivity index (χ2n) is 7.74. The van der Waals surface area contributed by atoms with Crippen molar-refractivity contribution in [3.8, 4) is 5.75 Å². The van der Waals surface area contributed by atoms with E-state index in [0.717, 1.165) is 57.1 Å². The van der Waals surface area contributed by atoms with Gasteiger partial charge in [0.15, 0.2) is 5.82 Å². The molecule has 3 heterocycles. The Morgan fingerprint density at radius 2 is 1.76 bits per heavy atom. The third-order valence-electron chi connectivity index (χ3n) is 5.98. The van der Waals surface area contributed by atoms with Gasteiger partial charge >= 0.3 is 0 Å². The molecular formula is C22H26N6O. The molecule has 0 saturated carbocycles. The summed E-state index contributed by atoms with van der Waals surface area (Å²) in [5.74, 6) is 1.81. The lowest BCUT2D eigenvalue weighted by Crippen LogP contribution is -2.48. The predicted octanol–water partition coefficient (Wildman–Crippen LogP) is 2.43. The predicted molar refractivity (Wildman–Crippen MR) is 110 cm³/mol. The van der Waals surface area contributed by atoms with Crippen LogP contribution in [0, 0.1) is 0 Å².